The lowest BCUT2D eigenvalue weighted by atomic mass is 10.2. The van der Waals surface area contributed by atoms with Gasteiger partial charge in [-0.05, 0) is 18.4 Å². The van der Waals surface area contributed by atoms with Gasteiger partial charge in [0.15, 0.2) is 0 Å². The molecule has 1 aromatic carbocycles. The van der Waals surface area contributed by atoms with E-state index in [0.29, 0.717) is 0 Å². The second-order valence-corrected chi connectivity index (χ2v) is 4.16. The van der Waals surface area contributed by atoms with Gasteiger partial charge in [-0.25, -0.2) is 0 Å². The molecule has 0 fully saturated rings. The van der Waals surface area contributed by atoms with Gasteiger partial charge in [-0.2, -0.15) is 5.10 Å². The smallest absolute Gasteiger partial charge is 0.0854 e. The van der Waals surface area contributed by atoms with E-state index in [4.69, 9.17) is 5.73 Å². The lowest BCUT2D eigenvalue weighted by Crippen LogP contribution is -2.06. The topological polar surface area (TPSA) is 43.8 Å². The zero-order valence-corrected chi connectivity index (χ0v) is 10.5. The van der Waals surface area contributed by atoms with E-state index in [1.54, 1.807) is 0 Å². The molecule has 90 valence electrons. The third kappa shape index (κ3) is 2.33. The molecule has 0 saturated heterocycles. The summed E-state index contributed by atoms with van der Waals surface area (Å²) in [6, 6.07) is 10.4. The number of rotatable bonds is 4. The van der Waals surface area contributed by atoms with Gasteiger partial charge in [0.1, 0.15) is 0 Å². The molecule has 0 saturated carbocycles. The van der Waals surface area contributed by atoms with Crippen molar-refractivity contribution >= 4 is 5.69 Å². The van der Waals surface area contributed by atoms with Crippen molar-refractivity contribution in [1.82, 2.24) is 9.78 Å². The van der Waals surface area contributed by atoms with Crippen LogP contribution in [-0.2, 0) is 19.4 Å². The predicted octanol–water partition coefficient (Wildman–Crippen LogP) is 2.64. The Labute approximate surface area is 102 Å². The fourth-order valence-electron chi connectivity index (χ4n) is 2.09. The fourth-order valence-corrected chi connectivity index (χ4v) is 2.09. The Morgan fingerprint density at radius 2 is 1.82 bits per heavy atom. The zero-order valence-electron chi connectivity index (χ0n) is 10.5. The van der Waals surface area contributed by atoms with Gasteiger partial charge < -0.3 is 5.73 Å². The van der Waals surface area contributed by atoms with Crippen LogP contribution in [0.15, 0.2) is 30.3 Å². The van der Waals surface area contributed by atoms with E-state index < -0.39 is 0 Å². The molecule has 0 unspecified atom stereocenters. The summed E-state index contributed by atoms with van der Waals surface area (Å²) in [7, 11) is 0. The normalized spacial score (nSPS) is 10.7. The van der Waals surface area contributed by atoms with Crippen molar-refractivity contribution < 1.29 is 0 Å². The zero-order chi connectivity index (χ0) is 12.3. The van der Waals surface area contributed by atoms with Crippen LogP contribution in [0.5, 0.6) is 0 Å². The summed E-state index contributed by atoms with van der Waals surface area (Å²) in [5.74, 6) is 0. The van der Waals surface area contributed by atoms with Crippen LogP contribution in [0, 0.1) is 0 Å². The molecule has 0 atom stereocenters. The fraction of sp³-hybridized carbons (Fsp3) is 0.357. The van der Waals surface area contributed by atoms with Gasteiger partial charge in [0.25, 0.3) is 0 Å². The molecule has 2 rings (SSSR count). The quantitative estimate of drug-likeness (QED) is 0.876. The number of hydrogen-bond acceptors (Lipinski definition) is 2. The molecule has 2 aromatic rings. The SMILES string of the molecule is CCc1nn(Cc2ccccc2)c(CC)c1N. The number of nitrogen functional groups attached to an aromatic ring is 1. The average Bonchev–Trinajstić information content (AvgIpc) is 2.66. The molecule has 0 bridgehead atoms. The number of hydrogen-bond donors (Lipinski definition) is 1. The van der Waals surface area contributed by atoms with E-state index >= 15 is 0 Å². The molecule has 17 heavy (non-hydrogen) atoms. The van der Waals surface area contributed by atoms with Crippen LogP contribution in [0.1, 0.15) is 30.8 Å². The molecular weight excluding hydrogens is 210 g/mol. The number of nitrogens with zero attached hydrogens (tertiary/aromatic N) is 2. The Morgan fingerprint density at radius 1 is 1.12 bits per heavy atom. The summed E-state index contributed by atoms with van der Waals surface area (Å²) in [6.07, 6.45) is 1.81. The van der Waals surface area contributed by atoms with Gasteiger partial charge in [-0.1, -0.05) is 44.2 Å². The van der Waals surface area contributed by atoms with Gasteiger partial charge in [0.05, 0.1) is 23.6 Å². The Hall–Kier alpha value is -1.77. The molecule has 0 radical (unpaired) electrons. The highest BCUT2D eigenvalue weighted by molar-refractivity contribution is 5.48. The monoisotopic (exact) mass is 229 g/mol. The van der Waals surface area contributed by atoms with Crippen molar-refractivity contribution in [3.05, 3.63) is 47.3 Å². The van der Waals surface area contributed by atoms with Crippen molar-refractivity contribution in [2.45, 2.75) is 33.2 Å². The second-order valence-electron chi connectivity index (χ2n) is 4.16. The van der Waals surface area contributed by atoms with Crippen LogP contribution in [0.25, 0.3) is 0 Å². The summed E-state index contributed by atoms with van der Waals surface area (Å²) in [4.78, 5) is 0. The average molecular weight is 229 g/mol. The number of benzene rings is 1. The number of anilines is 1. The first-order valence-electron chi connectivity index (χ1n) is 6.14. The molecule has 0 amide bonds. The highest BCUT2D eigenvalue weighted by Gasteiger charge is 2.12. The molecule has 0 aliphatic rings. The van der Waals surface area contributed by atoms with Gasteiger partial charge >= 0.3 is 0 Å². The maximum absolute atomic E-state index is 6.10. The standard InChI is InChI=1S/C14H19N3/c1-3-12-14(15)13(4-2)17(16-12)10-11-8-6-5-7-9-11/h5-9H,3-4,10,15H2,1-2H3. The van der Waals surface area contributed by atoms with Crippen LogP contribution in [0.4, 0.5) is 5.69 Å². The van der Waals surface area contributed by atoms with Crippen molar-refractivity contribution in [2.75, 3.05) is 5.73 Å². The summed E-state index contributed by atoms with van der Waals surface area (Å²) >= 11 is 0. The Kier molecular flexibility index (Phi) is 3.47. The Morgan fingerprint density at radius 3 is 2.41 bits per heavy atom. The summed E-state index contributed by atoms with van der Waals surface area (Å²) in [6.45, 7) is 5.01. The second kappa shape index (κ2) is 5.04. The van der Waals surface area contributed by atoms with Gasteiger partial charge in [-0.3, -0.25) is 4.68 Å². The minimum Gasteiger partial charge on any atom is -0.396 e. The summed E-state index contributed by atoms with van der Waals surface area (Å²) in [5.41, 5.74) is 10.4. The van der Waals surface area contributed by atoms with Gasteiger partial charge in [-0.15, -0.1) is 0 Å². The Bertz CT molecular complexity index is 486. The summed E-state index contributed by atoms with van der Waals surface area (Å²) in [5, 5.41) is 4.59. The highest BCUT2D eigenvalue weighted by Crippen LogP contribution is 2.19. The largest absolute Gasteiger partial charge is 0.396 e. The molecule has 3 heteroatoms. The minimum atomic E-state index is 0.800. The molecule has 3 nitrogen and oxygen atoms in total. The van der Waals surface area contributed by atoms with E-state index in [9.17, 15) is 0 Å². The first-order valence-corrected chi connectivity index (χ1v) is 6.14. The molecule has 0 spiro atoms. The lowest BCUT2D eigenvalue weighted by Gasteiger charge is -2.06. The van der Waals surface area contributed by atoms with E-state index in [0.717, 1.165) is 36.5 Å². The number of nitrogens with two attached hydrogens (primary N) is 1. The van der Waals surface area contributed by atoms with Crippen LogP contribution in [0.3, 0.4) is 0 Å². The van der Waals surface area contributed by atoms with Crippen molar-refractivity contribution in [2.24, 2.45) is 0 Å². The number of aromatic nitrogens is 2. The first kappa shape index (κ1) is 11.7. The molecule has 1 aromatic heterocycles. The van der Waals surface area contributed by atoms with Crippen LogP contribution < -0.4 is 5.73 Å². The van der Waals surface area contributed by atoms with E-state index in [2.05, 4.69) is 43.2 Å². The lowest BCUT2D eigenvalue weighted by molar-refractivity contribution is 0.641. The molecular formula is C14H19N3. The predicted molar refractivity (Wildman–Crippen MR) is 70.9 cm³/mol. The molecule has 1 heterocycles. The Balaban J connectivity index is 2.32. The van der Waals surface area contributed by atoms with Gasteiger partial charge in [0.2, 0.25) is 0 Å². The first-order chi connectivity index (χ1) is 8.26. The maximum atomic E-state index is 6.10. The van der Waals surface area contributed by atoms with Crippen LogP contribution >= 0.6 is 0 Å². The third-order valence-electron chi connectivity index (χ3n) is 3.02. The minimum absolute atomic E-state index is 0.800. The third-order valence-corrected chi connectivity index (χ3v) is 3.02. The van der Waals surface area contributed by atoms with Crippen LogP contribution in [-0.4, -0.2) is 9.78 Å². The van der Waals surface area contributed by atoms with E-state index in [1.165, 1.54) is 5.56 Å². The van der Waals surface area contributed by atoms with Crippen molar-refractivity contribution in [1.29, 1.82) is 0 Å². The van der Waals surface area contributed by atoms with Crippen molar-refractivity contribution in [3.63, 3.8) is 0 Å². The van der Waals surface area contributed by atoms with Crippen molar-refractivity contribution in [3.8, 4) is 0 Å². The summed E-state index contributed by atoms with van der Waals surface area (Å²) < 4.78 is 2.03. The molecule has 0 aliphatic heterocycles. The highest BCUT2D eigenvalue weighted by atomic mass is 15.3. The van der Waals surface area contributed by atoms with Gasteiger partial charge in [0, 0.05) is 0 Å². The van der Waals surface area contributed by atoms with E-state index in [-0.39, 0.29) is 0 Å². The number of aryl methyl sites for hydroxylation is 1. The maximum Gasteiger partial charge on any atom is 0.0854 e. The van der Waals surface area contributed by atoms with E-state index in [1.807, 2.05) is 10.7 Å². The van der Waals surface area contributed by atoms with Crippen LogP contribution in [0.2, 0.25) is 0 Å². The molecule has 2 N–H and O–H groups in total. The molecule has 0 aliphatic carbocycles.